The number of hydrogen-bond acceptors (Lipinski definition) is 4. The van der Waals surface area contributed by atoms with E-state index >= 15 is 0 Å². The van der Waals surface area contributed by atoms with Gasteiger partial charge in [-0.25, -0.2) is 4.98 Å². The summed E-state index contributed by atoms with van der Waals surface area (Å²) >= 11 is 1.85. The van der Waals surface area contributed by atoms with Gasteiger partial charge in [0.2, 0.25) is 0 Å². The van der Waals surface area contributed by atoms with Crippen LogP contribution < -0.4 is 9.80 Å². The maximum atomic E-state index is 5.38. The molecule has 0 saturated carbocycles. The van der Waals surface area contributed by atoms with Crippen molar-refractivity contribution in [3.8, 4) is 28.1 Å². The first-order valence-electron chi connectivity index (χ1n) is 19.0. The van der Waals surface area contributed by atoms with Crippen LogP contribution in [0.4, 0.5) is 34.3 Å². The summed E-state index contributed by atoms with van der Waals surface area (Å²) in [4.78, 5) is 10.2. The van der Waals surface area contributed by atoms with Gasteiger partial charge in [-0.3, -0.25) is 4.90 Å². The van der Waals surface area contributed by atoms with Crippen LogP contribution in [0.15, 0.2) is 182 Å². The topological polar surface area (TPSA) is 24.3 Å². The fourth-order valence-corrected chi connectivity index (χ4v) is 10.1. The van der Waals surface area contributed by atoms with Crippen LogP contribution in [0, 0.1) is 0 Å². The van der Waals surface area contributed by atoms with E-state index in [-0.39, 0.29) is 0 Å². The van der Waals surface area contributed by atoms with E-state index in [0.717, 1.165) is 62.3 Å². The Hall–Kier alpha value is -7.21. The average molecular weight is 733 g/mol. The number of benzene rings is 7. The van der Waals surface area contributed by atoms with E-state index in [1.54, 1.807) is 0 Å². The first-order chi connectivity index (χ1) is 27.8. The molecule has 0 radical (unpaired) electrons. The zero-order valence-corrected chi connectivity index (χ0v) is 31.0. The van der Waals surface area contributed by atoms with E-state index in [2.05, 4.69) is 209 Å². The van der Waals surface area contributed by atoms with E-state index < -0.39 is 0 Å². The van der Waals surface area contributed by atoms with Crippen LogP contribution in [0.25, 0.3) is 71.3 Å². The van der Waals surface area contributed by atoms with Crippen molar-refractivity contribution in [1.29, 1.82) is 0 Å². The molecule has 12 rings (SSSR count). The molecule has 4 nitrogen and oxygen atoms in total. The molecule has 262 valence electrons. The van der Waals surface area contributed by atoms with Crippen molar-refractivity contribution in [2.45, 2.75) is 0 Å². The molecule has 10 aromatic rings. The Morgan fingerprint density at radius 2 is 1.12 bits per heavy atom. The standard InChI is InChI=1S/C51H32N4S/c1-2-15-35(16-3-1)53-42-22-10-5-17-37(42)48-38-18-6-11-23-43(38)54(51(48)39-19-7-12-24-44(39)53)36-29-31-47(52-32-36)55-41-21-9-4-14-33(41)26-27-34-28-30-46-49(50(34)55)40-20-8-13-25-45(40)56-46/h1-32H. The third kappa shape index (κ3) is 4.49. The molecule has 5 heterocycles. The molecule has 0 amide bonds. The molecule has 5 heteroatoms. The molecule has 3 aromatic heterocycles. The van der Waals surface area contributed by atoms with Crippen molar-refractivity contribution in [2.24, 2.45) is 0 Å². The van der Waals surface area contributed by atoms with Crippen molar-refractivity contribution in [3.63, 3.8) is 0 Å². The second-order valence-corrected chi connectivity index (χ2v) is 15.4. The Morgan fingerprint density at radius 3 is 1.96 bits per heavy atom. The second-order valence-electron chi connectivity index (χ2n) is 14.4. The summed E-state index contributed by atoms with van der Waals surface area (Å²) in [6.45, 7) is 0. The highest BCUT2D eigenvalue weighted by Crippen LogP contribution is 2.55. The lowest BCUT2D eigenvalue weighted by molar-refractivity contribution is 1.09. The third-order valence-electron chi connectivity index (χ3n) is 11.3. The molecule has 2 aliphatic rings. The lowest BCUT2D eigenvalue weighted by Gasteiger charge is -2.28. The number of anilines is 6. The SMILES string of the molecule is C1=Cc2ccc3sc4ccccc4c3c2N(c2ccc(-n3c4c(c5ccccc53)-c3ccccc3N(c3ccccc3)c3ccccc3-4)cn2)c2ccccc21. The number of hydrogen-bond donors (Lipinski definition) is 0. The maximum Gasteiger partial charge on any atom is 0.137 e. The summed E-state index contributed by atoms with van der Waals surface area (Å²) in [5.74, 6) is 0.873. The van der Waals surface area contributed by atoms with Gasteiger partial charge in [-0.15, -0.1) is 11.3 Å². The molecular formula is C51H32N4S. The van der Waals surface area contributed by atoms with Crippen molar-refractivity contribution in [2.75, 3.05) is 9.80 Å². The molecule has 0 unspecified atom stereocenters. The van der Waals surface area contributed by atoms with Gasteiger partial charge in [0.05, 0.1) is 45.8 Å². The van der Waals surface area contributed by atoms with Crippen LogP contribution in [0.1, 0.15) is 11.1 Å². The average Bonchev–Trinajstić information content (AvgIpc) is 3.71. The Bertz CT molecular complexity index is 3210. The molecule has 0 N–H and O–H groups in total. The largest absolute Gasteiger partial charge is 0.309 e. The Morgan fingerprint density at radius 1 is 0.446 bits per heavy atom. The van der Waals surface area contributed by atoms with Gasteiger partial charge in [-0.05, 0) is 71.8 Å². The van der Waals surface area contributed by atoms with Gasteiger partial charge in [0.25, 0.3) is 0 Å². The molecule has 56 heavy (non-hydrogen) atoms. The van der Waals surface area contributed by atoms with Gasteiger partial charge in [0.15, 0.2) is 0 Å². The van der Waals surface area contributed by atoms with Gasteiger partial charge in [-0.2, -0.15) is 0 Å². The normalized spacial score (nSPS) is 12.9. The molecule has 0 atom stereocenters. The zero-order valence-electron chi connectivity index (χ0n) is 30.2. The Balaban J connectivity index is 1.11. The minimum absolute atomic E-state index is 0.873. The highest BCUT2D eigenvalue weighted by molar-refractivity contribution is 7.26. The van der Waals surface area contributed by atoms with Gasteiger partial charge in [0.1, 0.15) is 5.82 Å². The van der Waals surface area contributed by atoms with Crippen LogP contribution in [0.3, 0.4) is 0 Å². The van der Waals surface area contributed by atoms with Crippen LogP contribution in [0.2, 0.25) is 0 Å². The first-order valence-corrected chi connectivity index (χ1v) is 19.8. The summed E-state index contributed by atoms with van der Waals surface area (Å²) in [7, 11) is 0. The lowest BCUT2D eigenvalue weighted by atomic mass is 9.98. The summed E-state index contributed by atoms with van der Waals surface area (Å²) in [6, 6.07) is 63.5. The molecular weight excluding hydrogens is 701 g/mol. The molecule has 0 aliphatic carbocycles. The van der Waals surface area contributed by atoms with Gasteiger partial charge >= 0.3 is 0 Å². The Labute approximate surface area is 328 Å². The van der Waals surface area contributed by atoms with Crippen LogP contribution in [-0.4, -0.2) is 9.55 Å². The number of aromatic nitrogens is 2. The minimum Gasteiger partial charge on any atom is -0.309 e. The van der Waals surface area contributed by atoms with E-state index in [0.29, 0.717) is 0 Å². The van der Waals surface area contributed by atoms with Crippen LogP contribution in [-0.2, 0) is 0 Å². The fraction of sp³-hybridized carbons (Fsp3) is 0. The van der Waals surface area contributed by atoms with E-state index in [4.69, 9.17) is 4.98 Å². The fourth-order valence-electron chi connectivity index (χ4n) is 8.97. The van der Waals surface area contributed by atoms with Gasteiger partial charge < -0.3 is 9.47 Å². The lowest BCUT2D eigenvalue weighted by Crippen LogP contribution is -2.14. The van der Waals surface area contributed by atoms with E-state index in [1.165, 1.54) is 42.2 Å². The number of fused-ring (bicyclic) bond motifs is 13. The highest BCUT2D eigenvalue weighted by atomic mass is 32.1. The van der Waals surface area contributed by atoms with Crippen molar-refractivity contribution in [3.05, 3.63) is 193 Å². The molecule has 0 fully saturated rings. The Kier molecular flexibility index (Phi) is 6.76. The molecule has 0 bridgehead atoms. The minimum atomic E-state index is 0.873. The first kappa shape index (κ1) is 31.2. The third-order valence-corrected chi connectivity index (χ3v) is 12.4. The predicted octanol–water partition coefficient (Wildman–Crippen LogP) is 14.5. The molecule has 0 saturated heterocycles. The summed E-state index contributed by atoms with van der Waals surface area (Å²) < 4.78 is 4.97. The quantitative estimate of drug-likeness (QED) is 0.181. The highest BCUT2D eigenvalue weighted by Gasteiger charge is 2.32. The van der Waals surface area contributed by atoms with Gasteiger partial charge in [0, 0.05) is 47.9 Å². The number of pyridine rings is 1. The summed E-state index contributed by atoms with van der Waals surface area (Å²) in [6.07, 6.45) is 6.55. The second kappa shape index (κ2) is 12.2. The zero-order chi connectivity index (χ0) is 36.7. The smallest absolute Gasteiger partial charge is 0.137 e. The van der Waals surface area contributed by atoms with E-state index in [1.807, 2.05) is 11.3 Å². The van der Waals surface area contributed by atoms with Crippen molar-refractivity contribution in [1.82, 2.24) is 9.55 Å². The van der Waals surface area contributed by atoms with Crippen molar-refractivity contribution < 1.29 is 0 Å². The van der Waals surface area contributed by atoms with Crippen LogP contribution in [0.5, 0.6) is 0 Å². The number of nitrogens with zero attached hydrogens (tertiary/aromatic N) is 4. The maximum absolute atomic E-state index is 5.38. The summed E-state index contributed by atoms with van der Waals surface area (Å²) in [5, 5.41) is 3.73. The predicted molar refractivity (Wildman–Crippen MR) is 237 cm³/mol. The number of rotatable bonds is 3. The molecule has 7 aromatic carbocycles. The number of thiophene rings is 1. The number of para-hydroxylation sites is 5. The molecule has 0 spiro atoms. The monoisotopic (exact) mass is 732 g/mol. The molecule has 2 aliphatic heterocycles. The summed E-state index contributed by atoms with van der Waals surface area (Å²) in [5.41, 5.74) is 14.9. The van der Waals surface area contributed by atoms with E-state index in [9.17, 15) is 0 Å². The van der Waals surface area contributed by atoms with Crippen molar-refractivity contribution >= 4 is 88.8 Å². The van der Waals surface area contributed by atoms with Crippen LogP contribution >= 0.6 is 11.3 Å². The van der Waals surface area contributed by atoms with Gasteiger partial charge in [-0.1, -0.05) is 127 Å².